The molecule has 0 aliphatic rings. The fraction of sp³-hybridized carbons (Fsp3) is 0. The number of phenols is 1. The number of phenolic OH excluding ortho intramolecular Hbond substituents is 1. The summed E-state index contributed by atoms with van der Waals surface area (Å²) in [6.07, 6.45) is 1.58. The number of benzene rings is 3. The Bertz CT molecular complexity index is 1210. The third-order valence-electron chi connectivity index (χ3n) is 4.27. The van der Waals surface area contributed by atoms with Crippen molar-refractivity contribution in [3.63, 3.8) is 0 Å². The van der Waals surface area contributed by atoms with Crippen LogP contribution in [0.5, 0.6) is 5.75 Å². The van der Waals surface area contributed by atoms with E-state index in [4.69, 9.17) is 0 Å². The largest absolute Gasteiger partial charge is 0.508 e. The van der Waals surface area contributed by atoms with Gasteiger partial charge in [-0.2, -0.15) is 5.10 Å². The highest BCUT2D eigenvalue weighted by molar-refractivity contribution is 7.20. The summed E-state index contributed by atoms with van der Waals surface area (Å²) in [4.78, 5) is 17.1. The van der Waals surface area contributed by atoms with Gasteiger partial charge in [0.05, 0.1) is 6.21 Å². The number of rotatable bonds is 6. The van der Waals surface area contributed by atoms with E-state index < -0.39 is 0 Å². The number of amides is 1. The van der Waals surface area contributed by atoms with Crippen LogP contribution in [0.2, 0.25) is 0 Å². The molecule has 0 fully saturated rings. The molecule has 0 radical (unpaired) electrons. The lowest BCUT2D eigenvalue weighted by Crippen LogP contribution is -2.11. The molecule has 1 amide bonds. The lowest BCUT2D eigenvalue weighted by atomic mass is 10.1. The van der Waals surface area contributed by atoms with Gasteiger partial charge in [0.1, 0.15) is 22.3 Å². The smallest absolute Gasteiger partial charge is 0.256 e. The molecule has 154 valence electrons. The van der Waals surface area contributed by atoms with Gasteiger partial charge >= 0.3 is 0 Å². The number of anilines is 2. The van der Waals surface area contributed by atoms with Gasteiger partial charge in [-0.25, -0.2) is 9.37 Å². The molecule has 0 aliphatic carbocycles. The first-order chi connectivity index (χ1) is 15.1. The first-order valence-electron chi connectivity index (χ1n) is 9.30. The van der Waals surface area contributed by atoms with E-state index in [0.29, 0.717) is 27.0 Å². The van der Waals surface area contributed by atoms with Crippen molar-refractivity contribution >= 4 is 33.6 Å². The Balaban J connectivity index is 1.59. The molecule has 4 aromatic rings. The predicted molar refractivity (Wildman–Crippen MR) is 121 cm³/mol. The van der Waals surface area contributed by atoms with Crippen molar-refractivity contribution in [2.45, 2.75) is 0 Å². The Morgan fingerprint density at radius 1 is 1.00 bits per heavy atom. The lowest BCUT2D eigenvalue weighted by Gasteiger charge is -2.05. The number of aromatic nitrogens is 1. The van der Waals surface area contributed by atoms with E-state index in [0.717, 1.165) is 5.56 Å². The van der Waals surface area contributed by atoms with Gasteiger partial charge in [0.2, 0.25) is 5.13 Å². The van der Waals surface area contributed by atoms with Crippen molar-refractivity contribution < 1.29 is 14.3 Å². The van der Waals surface area contributed by atoms with Crippen molar-refractivity contribution in [2.24, 2.45) is 5.10 Å². The number of carbonyl (C=O) groups is 1. The van der Waals surface area contributed by atoms with Crippen molar-refractivity contribution in [1.82, 2.24) is 4.98 Å². The fourth-order valence-corrected chi connectivity index (χ4v) is 3.58. The van der Waals surface area contributed by atoms with Crippen LogP contribution in [-0.4, -0.2) is 22.2 Å². The van der Waals surface area contributed by atoms with E-state index in [9.17, 15) is 14.3 Å². The zero-order valence-electron chi connectivity index (χ0n) is 16.1. The molecule has 4 rings (SSSR count). The average molecular weight is 432 g/mol. The number of nitrogens with zero attached hydrogens (tertiary/aromatic N) is 2. The van der Waals surface area contributed by atoms with E-state index in [-0.39, 0.29) is 17.5 Å². The SMILES string of the molecule is O=C(Nc1sc(NN=Cc2ccc(O)cc2)nc1-c1ccc(F)cc1)c1ccccc1. The van der Waals surface area contributed by atoms with E-state index in [2.05, 4.69) is 20.8 Å². The molecule has 0 spiro atoms. The van der Waals surface area contributed by atoms with Crippen molar-refractivity contribution in [3.8, 4) is 17.0 Å². The number of carbonyl (C=O) groups excluding carboxylic acids is 1. The number of nitrogens with one attached hydrogen (secondary N) is 2. The molecular formula is C23H17FN4O2S. The second-order valence-corrected chi connectivity index (χ2v) is 7.48. The summed E-state index contributed by atoms with van der Waals surface area (Å²) >= 11 is 1.22. The van der Waals surface area contributed by atoms with Gasteiger partial charge in [-0.3, -0.25) is 10.2 Å². The van der Waals surface area contributed by atoms with E-state index in [1.54, 1.807) is 66.9 Å². The second kappa shape index (κ2) is 9.19. The Kier molecular flexibility index (Phi) is 6.00. The molecule has 0 atom stereocenters. The Labute approximate surface area is 181 Å². The van der Waals surface area contributed by atoms with Gasteiger partial charge in [-0.1, -0.05) is 29.5 Å². The average Bonchev–Trinajstić information content (AvgIpc) is 3.18. The minimum Gasteiger partial charge on any atom is -0.508 e. The monoisotopic (exact) mass is 432 g/mol. The van der Waals surface area contributed by atoms with Gasteiger partial charge in [-0.15, -0.1) is 0 Å². The number of thiazole rings is 1. The number of halogens is 1. The van der Waals surface area contributed by atoms with Crippen LogP contribution in [0.25, 0.3) is 11.3 Å². The van der Waals surface area contributed by atoms with E-state index in [1.807, 2.05) is 6.07 Å². The van der Waals surface area contributed by atoms with Crippen LogP contribution in [0, 0.1) is 5.82 Å². The maximum absolute atomic E-state index is 13.4. The Hall–Kier alpha value is -4.04. The molecule has 3 N–H and O–H groups in total. The quantitative estimate of drug-likeness (QED) is 0.283. The third-order valence-corrected chi connectivity index (χ3v) is 5.15. The standard InChI is InChI=1S/C23H17FN4O2S/c24-18-10-8-16(9-11-18)20-22(27-21(30)17-4-2-1-3-5-17)31-23(26-20)28-25-14-15-6-12-19(29)13-7-15/h1-14,29H,(H,26,28)(H,27,30). The maximum atomic E-state index is 13.4. The van der Waals surface area contributed by atoms with Crippen molar-refractivity contribution in [1.29, 1.82) is 0 Å². The molecule has 0 unspecified atom stereocenters. The van der Waals surface area contributed by atoms with Crippen LogP contribution >= 0.6 is 11.3 Å². The molecule has 0 aliphatic heterocycles. The molecule has 0 saturated carbocycles. The predicted octanol–water partition coefficient (Wildman–Crippen LogP) is 5.35. The summed E-state index contributed by atoms with van der Waals surface area (Å²) in [5.74, 6) is -0.453. The molecule has 0 bridgehead atoms. The normalized spacial score (nSPS) is 10.9. The molecule has 0 saturated heterocycles. The minimum absolute atomic E-state index is 0.174. The summed E-state index contributed by atoms with van der Waals surface area (Å²) in [5, 5.41) is 17.4. The molecule has 1 heterocycles. The summed E-state index contributed by atoms with van der Waals surface area (Å²) in [6.45, 7) is 0. The fourth-order valence-electron chi connectivity index (χ4n) is 2.74. The zero-order chi connectivity index (χ0) is 21.6. The molecule has 3 aromatic carbocycles. The highest BCUT2D eigenvalue weighted by atomic mass is 32.1. The van der Waals surface area contributed by atoms with Gasteiger partial charge < -0.3 is 10.4 Å². The summed E-state index contributed by atoms with van der Waals surface area (Å²) < 4.78 is 13.4. The van der Waals surface area contributed by atoms with Gasteiger partial charge in [-0.05, 0) is 66.2 Å². The highest BCUT2D eigenvalue weighted by Crippen LogP contribution is 2.36. The number of hydrogen-bond donors (Lipinski definition) is 3. The number of hydrogen-bond acceptors (Lipinski definition) is 6. The van der Waals surface area contributed by atoms with Crippen molar-refractivity contribution in [2.75, 3.05) is 10.7 Å². The third kappa shape index (κ3) is 5.12. The summed E-state index contributed by atoms with van der Waals surface area (Å²) in [7, 11) is 0. The molecular weight excluding hydrogens is 415 g/mol. The maximum Gasteiger partial charge on any atom is 0.256 e. The number of aromatic hydroxyl groups is 1. The van der Waals surface area contributed by atoms with Crippen LogP contribution in [0.3, 0.4) is 0 Å². The first-order valence-corrected chi connectivity index (χ1v) is 10.1. The van der Waals surface area contributed by atoms with Crippen LogP contribution in [0.1, 0.15) is 15.9 Å². The topological polar surface area (TPSA) is 86.6 Å². The van der Waals surface area contributed by atoms with Crippen LogP contribution in [-0.2, 0) is 0 Å². The number of hydrazone groups is 1. The second-order valence-electron chi connectivity index (χ2n) is 6.49. The van der Waals surface area contributed by atoms with E-state index in [1.165, 1.54) is 23.5 Å². The Morgan fingerprint density at radius 2 is 1.71 bits per heavy atom. The van der Waals surface area contributed by atoms with Crippen LogP contribution in [0.4, 0.5) is 14.5 Å². The van der Waals surface area contributed by atoms with Crippen molar-refractivity contribution in [3.05, 3.63) is 95.8 Å². The lowest BCUT2D eigenvalue weighted by molar-refractivity contribution is 0.102. The van der Waals surface area contributed by atoms with Crippen LogP contribution in [0.15, 0.2) is 84.0 Å². The minimum atomic E-state index is -0.356. The van der Waals surface area contributed by atoms with Gasteiger partial charge in [0.25, 0.3) is 5.91 Å². The van der Waals surface area contributed by atoms with E-state index >= 15 is 0 Å². The molecule has 1 aromatic heterocycles. The van der Waals surface area contributed by atoms with Gasteiger partial charge in [0, 0.05) is 11.1 Å². The first kappa shape index (κ1) is 20.2. The highest BCUT2D eigenvalue weighted by Gasteiger charge is 2.16. The summed E-state index contributed by atoms with van der Waals surface area (Å²) in [6, 6.07) is 21.3. The zero-order valence-corrected chi connectivity index (χ0v) is 16.9. The molecule has 6 nitrogen and oxygen atoms in total. The van der Waals surface area contributed by atoms with Gasteiger partial charge in [0.15, 0.2) is 0 Å². The van der Waals surface area contributed by atoms with Crippen LogP contribution < -0.4 is 10.7 Å². The molecule has 31 heavy (non-hydrogen) atoms. The molecule has 8 heteroatoms. The summed E-state index contributed by atoms with van der Waals surface area (Å²) in [5.41, 5.74) is 5.33. The Morgan fingerprint density at radius 3 is 2.42 bits per heavy atom.